The third-order valence-electron chi connectivity index (χ3n) is 6.83. The van der Waals surface area contributed by atoms with Gasteiger partial charge in [-0.2, -0.15) is 0 Å². The molecule has 0 spiro atoms. The molecule has 2 saturated heterocycles. The van der Waals surface area contributed by atoms with Gasteiger partial charge in [-0.1, -0.05) is 79.6 Å². The Bertz CT molecular complexity index is 1140. The van der Waals surface area contributed by atoms with E-state index in [1.165, 1.54) is 24.6 Å². The minimum Gasteiger partial charge on any atom is -0.493 e. The van der Waals surface area contributed by atoms with Gasteiger partial charge in [-0.05, 0) is 55.0 Å². The third kappa shape index (κ3) is 7.84. The Balaban J connectivity index is 1.26. The second-order valence-electron chi connectivity index (χ2n) is 9.62. The summed E-state index contributed by atoms with van der Waals surface area (Å²) in [6, 6.07) is 15.6. The van der Waals surface area contributed by atoms with Crippen LogP contribution >= 0.6 is 24.0 Å². The summed E-state index contributed by atoms with van der Waals surface area (Å²) in [6.07, 6.45) is 9.70. The number of hydrogen-bond acceptors (Lipinski definition) is 6. The van der Waals surface area contributed by atoms with Crippen LogP contribution in [-0.2, 0) is 16.2 Å². The van der Waals surface area contributed by atoms with Gasteiger partial charge in [0, 0.05) is 26.1 Å². The fourth-order valence-corrected chi connectivity index (χ4v) is 5.98. The molecule has 2 aliphatic heterocycles. The van der Waals surface area contributed by atoms with Gasteiger partial charge in [-0.15, -0.1) is 0 Å². The second kappa shape index (κ2) is 14.4. The van der Waals surface area contributed by atoms with Crippen LogP contribution in [0, 0.1) is 0 Å². The third-order valence-corrected chi connectivity index (χ3v) is 8.21. The van der Waals surface area contributed by atoms with Crippen molar-refractivity contribution in [3.63, 3.8) is 0 Å². The normalized spacial score (nSPS) is 17.1. The Kier molecular flexibility index (Phi) is 10.6. The van der Waals surface area contributed by atoms with Crippen LogP contribution in [0.2, 0.25) is 0 Å². The maximum atomic E-state index is 13.0. The number of carbonyl (C=O) groups excluding carboxylic acids is 2. The number of unbranched alkanes of at least 4 members (excludes halogenated alkanes) is 2. The first-order chi connectivity index (χ1) is 18.5. The number of nitrogens with zero attached hydrogens (tertiary/aromatic N) is 2. The fraction of sp³-hybridized carbons (Fsp3) is 0.433. The second-order valence-corrected chi connectivity index (χ2v) is 11.3. The number of likely N-dealkylation sites (tertiary alicyclic amines) is 1. The van der Waals surface area contributed by atoms with Crippen LogP contribution in [0.15, 0.2) is 53.4 Å². The number of rotatable bonds is 11. The summed E-state index contributed by atoms with van der Waals surface area (Å²) in [5.74, 6) is 1.46. The maximum absolute atomic E-state index is 13.0. The summed E-state index contributed by atoms with van der Waals surface area (Å²) in [4.78, 5) is 29.8. The number of amides is 2. The number of benzene rings is 2. The SMILES string of the molecule is COc1cc(/C=C2\SC(=S)N(CCCCCC(=O)N3CCCCCC3)C2=O)ccc1OCc1ccccc1. The largest absolute Gasteiger partial charge is 0.493 e. The smallest absolute Gasteiger partial charge is 0.266 e. The molecule has 2 fully saturated rings. The maximum Gasteiger partial charge on any atom is 0.266 e. The molecule has 0 saturated carbocycles. The van der Waals surface area contributed by atoms with E-state index in [9.17, 15) is 9.59 Å². The number of thioether (sulfide) groups is 1. The highest BCUT2D eigenvalue weighted by atomic mass is 32.2. The van der Waals surface area contributed by atoms with E-state index in [1.807, 2.05) is 59.5 Å². The average Bonchev–Trinajstić information content (AvgIpc) is 3.11. The van der Waals surface area contributed by atoms with Crippen molar-refractivity contribution in [3.05, 3.63) is 64.6 Å². The molecule has 2 aromatic rings. The number of methoxy groups -OCH3 is 1. The van der Waals surface area contributed by atoms with Crippen molar-refractivity contribution >= 4 is 46.2 Å². The van der Waals surface area contributed by atoms with Gasteiger partial charge in [0.2, 0.25) is 5.91 Å². The van der Waals surface area contributed by atoms with Crippen molar-refractivity contribution in [2.24, 2.45) is 0 Å². The molecule has 2 aromatic carbocycles. The monoisotopic (exact) mass is 552 g/mol. The molecule has 0 aromatic heterocycles. The van der Waals surface area contributed by atoms with Crippen LogP contribution in [0.3, 0.4) is 0 Å². The Hall–Kier alpha value is -2.84. The van der Waals surface area contributed by atoms with Crippen LogP contribution in [0.5, 0.6) is 11.5 Å². The lowest BCUT2D eigenvalue weighted by atomic mass is 10.1. The molecule has 0 radical (unpaired) electrons. The van der Waals surface area contributed by atoms with Crippen LogP contribution in [0.1, 0.15) is 62.5 Å². The average molecular weight is 553 g/mol. The Morgan fingerprint density at radius 2 is 1.76 bits per heavy atom. The molecule has 6 nitrogen and oxygen atoms in total. The zero-order valence-electron chi connectivity index (χ0n) is 22.0. The van der Waals surface area contributed by atoms with Gasteiger partial charge in [0.25, 0.3) is 5.91 Å². The van der Waals surface area contributed by atoms with E-state index >= 15 is 0 Å². The summed E-state index contributed by atoms with van der Waals surface area (Å²) in [7, 11) is 1.61. The summed E-state index contributed by atoms with van der Waals surface area (Å²) in [5, 5.41) is 0. The molecule has 0 N–H and O–H groups in total. The molecular formula is C30H36N2O4S2. The van der Waals surface area contributed by atoms with Gasteiger partial charge in [0.1, 0.15) is 10.9 Å². The zero-order valence-corrected chi connectivity index (χ0v) is 23.7. The Labute approximate surface area is 235 Å². The number of ether oxygens (including phenoxy) is 2. The van der Waals surface area contributed by atoms with E-state index in [0.717, 1.165) is 56.3 Å². The number of hydrogen-bond donors (Lipinski definition) is 0. The fourth-order valence-electron chi connectivity index (χ4n) is 4.67. The summed E-state index contributed by atoms with van der Waals surface area (Å²) in [5.41, 5.74) is 1.92. The molecule has 0 bridgehead atoms. The van der Waals surface area contributed by atoms with Crippen LogP contribution in [0.4, 0.5) is 0 Å². The van der Waals surface area contributed by atoms with Gasteiger partial charge in [0.05, 0.1) is 12.0 Å². The summed E-state index contributed by atoms with van der Waals surface area (Å²) >= 11 is 6.83. The lowest BCUT2D eigenvalue weighted by molar-refractivity contribution is -0.131. The predicted octanol–water partition coefficient (Wildman–Crippen LogP) is 6.44. The van der Waals surface area contributed by atoms with Crippen LogP contribution in [0.25, 0.3) is 6.08 Å². The molecule has 0 unspecified atom stereocenters. The minimum atomic E-state index is -0.0657. The molecule has 38 heavy (non-hydrogen) atoms. The standard InChI is InChI=1S/C30H36N2O4S2/c1-35-26-20-24(15-16-25(26)36-22-23-12-6-4-7-13-23)21-27-29(34)32(30(37)38-27)19-11-5-8-14-28(33)31-17-9-2-3-10-18-31/h4,6-7,12-13,15-16,20-21H,2-3,5,8-11,14,17-19,22H2,1H3/b27-21-. The van der Waals surface area contributed by atoms with Crippen molar-refractivity contribution in [3.8, 4) is 11.5 Å². The molecule has 4 rings (SSSR count). The first-order valence-corrected chi connectivity index (χ1v) is 14.7. The Morgan fingerprint density at radius 1 is 1.00 bits per heavy atom. The van der Waals surface area contributed by atoms with Crippen molar-refractivity contribution in [2.75, 3.05) is 26.7 Å². The lowest BCUT2D eigenvalue weighted by Gasteiger charge is -2.20. The Morgan fingerprint density at radius 3 is 2.50 bits per heavy atom. The molecule has 2 amide bonds. The highest BCUT2D eigenvalue weighted by Gasteiger charge is 2.31. The quantitative estimate of drug-likeness (QED) is 0.182. The van der Waals surface area contributed by atoms with E-state index in [1.54, 1.807) is 12.0 Å². The zero-order chi connectivity index (χ0) is 26.7. The topological polar surface area (TPSA) is 59.1 Å². The molecule has 2 heterocycles. The van der Waals surface area contributed by atoms with Gasteiger partial charge in [-0.3, -0.25) is 14.5 Å². The molecule has 8 heteroatoms. The van der Waals surface area contributed by atoms with Crippen LogP contribution in [-0.4, -0.2) is 52.7 Å². The molecular weight excluding hydrogens is 516 g/mol. The van der Waals surface area contributed by atoms with Gasteiger partial charge >= 0.3 is 0 Å². The van der Waals surface area contributed by atoms with E-state index in [0.29, 0.717) is 40.3 Å². The van der Waals surface area contributed by atoms with Gasteiger partial charge < -0.3 is 14.4 Å². The van der Waals surface area contributed by atoms with E-state index in [-0.39, 0.29) is 11.8 Å². The summed E-state index contributed by atoms with van der Waals surface area (Å²) < 4.78 is 12.1. The first kappa shape index (κ1) is 28.2. The van der Waals surface area contributed by atoms with E-state index < -0.39 is 0 Å². The summed E-state index contributed by atoms with van der Waals surface area (Å²) in [6.45, 7) is 2.82. The van der Waals surface area contributed by atoms with Gasteiger partial charge in [0.15, 0.2) is 11.5 Å². The van der Waals surface area contributed by atoms with Crippen LogP contribution < -0.4 is 9.47 Å². The molecule has 2 aliphatic rings. The molecule has 0 aliphatic carbocycles. The van der Waals surface area contributed by atoms with Crippen molar-refractivity contribution < 1.29 is 19.1 Å². The van der Waals surface area contributed by atoms with E-state index in [4.69, 9.17) is 21.7 Å². The predicted molar refractivity (Wildman–Crippen MR) is 157 cm³/mol. The molecule has 0 atom stereocenters. The first-order valence-electron chi connectivity index (χ1n) is 13.4. The van der Waals surface area contributed by atoms with E-state index in [2.05, 4.69) is 0 Å². The highest BCUT2D eigenvalue weighted by Crippen LogP contribution is 2.35. The highest BCUT2D eigenvalue weighted by molar-refractivity contribution is 8.26. The minimum absolute atomic E-state index is 0.0657. The lowest BCUT2D eigenvalue weighted by Crippen LogP contribution is -2.31. The molecule has 202 valence electrons. The van der Waals surface area contributed by atoms with Crippen molar-refractivity contribution in [1.29, 1.82) is 0 Å². The van der Waals surface area contributed by atoms with Gasteiger partial charge in [-0.25, -0.2) is 0 Å². The van der Waals surface area contributed by atoms with Crippen molar-refractivity contribution in [2.45, 2.75) is 58.0 Å². The number of thiocarbonyl (C=S) groups is 1. The van der Waals surface area contributed by atoms with Crippen molar-refractivity contribution in [1.82, 2.24) is 9.80 Å². The number of carbonyl (C=O) groups is 2.